The quantitative estimate of drug-likeness (QED) is 0.311. The van der Waals surface area contributed by atoms with E-state index in [1.807, 2.05) is 0 Å². The van der Waals surface area contributed by atoms with Gasteiger partial charge in [0.2, 0.25) is 10.0 Å². The van der Waals surface area contributed by atoms with Crippen molar-refractivity contribution >= 4 is 34.2 Å². The maximum absolute atomic E-state index is 12.3. The van der Waals surface area contributed by atoms with Crippen LogP contribution in [-0.4, -0.2) is 53.9 Å². The number of carboxylic acid groups (broad SMARTS) is 2. The van der Waals surface area contributed by atoms with Crippen LogP contribution in [0.25, 0.3) is 0 Å². The topological polar surface area (TPSA) is 200 Å². The highest BCUT2D eigenvalue weighted by molar-refractivity contribution is 7.89. The van der Waals surface area contributed by atoms with E-state index >= 15 is 0 Å². The normalized spacial score (nSPS) is 12.1. The Labute approximate surface area is 169 Å². The van der Waals surface area contributed by atoms with Crippen molar-refractivity contribution in [3.8, 4) is 5.75 Å². The van der Waals surface area contributed by atoms with E-state index in [1.165, 1.54) is 12.1 Å². The zero-order chi connectivity index (χ0) is 22.5. The van der Waals surface area contributed by atoms with Crippen LogP contribution in [0.1, 0.15) is 33.1 Å². The molecule has 0 saturated heterocycles. The fourth-order valence-electron chi connectivity index (χ4n) is 2.26. The molecule has 0 saturated carbocycles. The molecule has 1 heterocycles. The van der Waals surface area contributed by atoms with Crippen molar-refractivity contribution in [1.29, 1.82) is 0 Å². The number of phenols is 1. The summed E-state index contributed by atoms with van der Waals surface area (Å²) in [7, 11) is -4.18. The number of nitrogens with one attached hydrogen (secondary N) is 2. The average Bonchev–Trinajstić information content (AvgIpc) is 3.14. The summed E-state index contributed by atoms with van der Waals surface area (Å²) in [5.74, 6) is -4.53. The van der Waals surface area contributed by atoms with Gasteiger partial charge in [-0.2, -0.15) is 0 Å². The van der Waals surface area contributed by atoms with Crippen molar-refractivity contribution in [2.45, 2.75) is 23.9 Å². The number of rotatable bonds is 10. The minimum Gasteiger partial charge on any atom is -0.507 e. The maximum atomic E-state index is 12.3. The van der Waals surface area contributed by atoms with E-state index in [2.05, 4.69) is 10.0 Å². The molecule has 1 aromatic heterocycles. The molecule has 0 aliphatic rings. The minimum absolute atomic E-state index is 0.0156. The van der Waals surface area contributed by atoms with E-state index in [4.69, 9.17) is 14.6 Å². The number of benzene rings is 1. The molecule has 160 valence electrons. The van der Waals surface area contributed by atoms with Crippen molar-refractivity contribution in [3.05, 3.63) is 47.4 Å². The van der Waals surface area contributed by atoms with Crippen molar-refractivity contribution in [2.75, 3.05) is 0 Å². The predicted molar refractivity (Wildman–Crippen MR) is 97.4 cm³/mol. The van der Waals surface area contributed by atoms with Gasteiger partial charge in [0.15, 0.2) is 5.76 Å². The lowest BCUT2D eigenvalue weighted by molar-refractivity contribution is -0.138. The van der Waals surface area contributed by atoms with Crippen LogP contribution in [0.3, 0.4) is 0 Å². The van der Waals surface area contributed by atoms with Gasteiger partial charge in [-0.05, 0) is 30.3 Å². The highest BCUT2D eigenvalue weighted by atomic mass is 32.2. The summed E-state index contributed by atoms with van der Waals surface area (Å²) in [6.45, 7) is -0.398. The number of carbonyl (C=O) groups is 4. The lowest BCUT2D eigenvalue weighted by Crippen LogP contribution is -2.37. The zero-order valence-corrected chi connectivity index (χ0v) is 15.9. The summed E-state index contributed by atoms with van der Waals surface area (Å²) in [5, 5.41) is 29.2. The number of sulfonamides is 1. The largest absolute Gasteiger partial charge is 0.507 e. The van der Waals surface area contributed by atoms with Gasteiger partial charge in [-0.25, -0.2) is 17.9 Å². The first kappa shape index (κ1) is 22.6. The van der Waals surface area contributed by atoms with Gasteiger partial charge in [-0.1, -0.05) is 0 Å². The summed E-state index contributed by atoms with van der Waals surface area (Å²) in [6.07, 6.45) is -0.361. The molecule has 13 heteroatoms. The fraction of sp³-hybridized carbons (Fsp3) is 0.176. The molecule has 2 aromatic rings. The third kappa shape index (κ3) is 5.65. The van der Waals surface area contributed by atoms with E-state index in [0.29, 0.717) is 0 Å². The summed E-state index contributed by atoms with van der Waals surface area (Å²) >= 11 is 0. The van der Waals surface area contributed by atoms with Gasteiger partial charge in [0.1, 0.15) is 23.4 Å². The molecule has 30 heavy (non-hydrogen) atoms. The Kier molecular flexibility index (Phi) is 6.92. The SMILES string of the molecule is O=C[C@H](CC(=O)O)NC(=O)c1ccc(CNS(=O)(=O)c2ccc(O)c(C(=O)O)c2)o1. The van der Waals surface area contributed by atoms with E-state index < -0.39 is 63.1 Å². The summed E-state index contributed by atoms with van der Waals surface area (Å²) in [4.78, 5) is 44.0. The first-order valence-corrected chi connectivity index (χ1v) is 9.64. The second-order valence-corrected chi connectivity index (χ2v) is 7.66. The molecule has 0 aliphatic heterocycles. The highest BCUT2D eigenvalue weighted by Crippen LogP contribution is 2.21. The molecule has 0 fully saturated rings. The summed E-state index contributed by atoms with van der Waals surface area (Å²) in [5.41, 5.74) is -0.596. The molecule has 1 amide bonds. The molecule has 2 rings (SSSR count). The second kappa shape index (κ2) is 9.19. The van der Waals surface area contributed by atoms with Crippen LogP contribution in [0.4, 0.5) is 0 Å². The van der Waals surface area contributed by atoms with Crippen LogP contribution in [-0.2, 0) is 26.2 Å². The molecule has 1 aromatic carbocycles. The third-order valence-electron chi connectivity index (χ3n) is 3.71. The number of furan rings is 1. The van der Waals surface area contributed by atoms with Gasteiger partial charge in [0, 0.05) is 0 Å². The smallest absolute Gasteiger partial charge is 0.339 e. The van der Waals surface area contributed by atoms with Gasteiger partial charge in [0.25, 0.3) is 5.91 Å². The Morgan fingerprint density at radius 1 is 1.13 bits per heavy atom. The lowest BCUT2D eigenvalue weighted by atomic mass is 10.2. The highest BCUT2D eigenvalue weighted by Gasteiger charge is 2.21. The lowest BCUT2D eigenvalue weighted by Gasteiger charge is -2.09. The molecule has 12 nitrogen and oxygen atoms in total. The Morgan fingerprint density at radius 3 is 2.43 bits per heavy atom. The standard InChI is InChI=1S/C17H16N2O10S/c20-8-9(5-15(22)23)19-16(24)14-4-1-10(29-14)7-18-30(27,28)11-2-3-13(21)12(6-11)17(25)26/h1-4,6,8-9,18,21H,5,7H2,(H,19,24)(H,22,23)(H,25,26)/t9-/m0/s1. The van der Waals surface area contributed by atoms with Crippen LogP contribution in [0.2, 0.25) is 0 Å². The van der Waals surface area contributed by atoms with E-state index in [1.54, 1.807) is 0 Å². The Hall–Kier alpha value is -3.71. The number of carbonyl (C=O) groups excluding carboxylic acids is 2. The zero-order valence-electron chi connectivity index (χ0n) is 15.1. The monoisotopic (exact) mass is 440 g/mol. The molecule has 0 spiro atoms. The number of carboxylic acids is 2. The Morgan fingerprint density at radius 2 is 1.83 bits per heavy atom. The first-order chi connectivity index (χ1) is 14.0. The number of aldehydes is 1. The van der Waals surface area contributed by atoms with Crippen LogP contribution < -0.4 is 10.0 Å². The predicted octanol–water partition coefficient (Wildman–Crippen LogP) is -0.0661. The van der Waals surface area contributed by atoms with Gasteiger partial charge < -0.3 is 29.8 Å². The van der Waals surface area contributed by atoms with Crippen LogP contribution in [0, 0.1) is 0 Å². The average molecular weight is 440 g/mol. The molecular formula is C17H16N2O10S. The van der Waals surface area contributed by atoms with E-state index in [9.17, 15) is 32.7 Å². The van der Waals surface area contributed by atoms with Crippen LogP contribution >= 0.6 is 0 Å². The number of amides is 1. The van der Waals surface area contributed by atoms with Crippen LogP contribution in [0.15, 0.2) is 39.6 Å². The van der Waals surface area contributed by atoms with Gasteiger partial charge in [-0.15, -0.1) is 0 Å². The molecular weight excluding hydrogens is 424 g/mol. The second-order valence-electron chi connectivity index (χ2n) is 5.89. The van der Waals surface area contributed by atoms with Crippen molar-refractivity contribution in [2.24, 2.45) is 0 Å². The van der Waals surface area contributed by atoms with Gasteiger partial charge >= 0.3 is 11.9 Å². The van der Waals surface area contributed by atoms with Crippen LogP contribution in [0.5, 0.6) is 5.75 Å². The Bertz CT molecular complexity index is 1090. The minimum atomic E-state index is -4.18. The van der Waals surface area contributed by atoms with Gasteiger partial charge in [-0.3, -0.25) is 9.59 Å². The molecule has 1 atom stereocenters. The summed E-state index contributed by atoms with van der Waals surface area (Å²) < 4.78 is 32.0. The third-order valence-corrected chi connectivity index (χ3v) is 5.10. The number of aromatic carboxylic acids is 1. The molecule has 0 unspecified atom stereocenters. The number of hydrogen-bond donors (Lipinski definition) is 5. The maximum Gasteiger partial charge on any atom is 0.339 e. The van der Waals surface area contributed by atoms with E-state index in [0.717, 1.165) is 18.2 Å². The van der Waals surface area contributed by atoms with Crippen molar-refractivity contribution < 1.29 is 47.3 Å². The van der Waals surface area contributed by atoms with Crippen molar-refractivity contribution in [3.63, 3.8) is 0 Å². The molecule has 0 bridgehead atoms. The number of hydrogen-bond acceptors (Lipinski definition) is 8. The summed E-state index contributed by atoms with van der Waals surface area (Å²) in [6, 6.07) is 3.93. The Balaban J connectivity index is 2.07. The molecule has 0 aliphatic carbocycles. The molecule has 0 radical (unpaired) electrons. The van der Waals surface area contributed by atoms with E-state index in [-0.39, 0.29) is 17.8 Å². The molecule has 5 N–H and O–H groups in total. The first-order valence-electron chi connectivity index (χ1n) is 8.16. The number of aliphatic carboxylic acids is 1. The number of aromatic hydroxyl groups is 1. The van der Waals surface area contributed by atoms with Gasteiger partial charge in [0.05, 0.1) is 23.9 Å². The van der Waals surface area contributed by atoms with Crippen molar-refractivity contribution in [1.82, 2.24) is 10.0 Å². The fourth-order valence-corrected chi connectivity index (χ4v) is 3.28.